The van der Waals surface area contributed by atoms with Crippen molar-refractivity contribution in [2.24, 2.45) is 0 Å². The molecule has 0 saturated carbocycles. The molecule has 1 unspecified atom stereocenters. The van der Waals surface area contributed by atoms with Crippen LogP contribution in [-0.4, -0.2) is 62.6 Å². The Balaban J connectivity index is 1.80. The molecule has 152 valence electrons. The van der Waals surface area contributed by atoms with Gasteiger partial charge in [-0.2, -0.15) is 4.31 Å². The number of piperidine rings is 1. The highest BCUT2D eigenvalue weighted by Crippen LogP contribution is 2.30. The quantitative estimate of drug-likeness (QED) is 0.697. The zero-order valence-corrected chi connectivity index (χ0v) is 17.2. The predicted molar refractivity (Wildman–Crippen MR) is 106 cm³/mol. The molecule has 2 heterocycles. The van der Waals surface area contributed by atoms with Crippen LogP contribution < -0.4 is 14.4 Å². The van der Waals surface area contributed by atoms with Gasteiger partial charge in [0.2, 0.25) is 10.0 Å². The Hall–Kier alpha value is -2.39. The van der Waals surface area contributed by atoms with Gasteiger partial charge in [0.1, 0.15) is 16.7 Å². The van der Waals surface area contributed by atoms with Gasteiger partial charge in [0.05, 0.1) is 13.2 Å². The fraction of sp³-hybridized carbons (Fsp3) is 0.474. The van der Waals surface area contributed by atoms with Crippen molar-refractivity contribution in [1.29, 1.82) is 0 Å². The van der Waals surface area contributed by atoms with Crippen LogP contribution in [0.15, 0.2) is 41.6 Å². The van der Waals surface area contributed by atoms with E-state index in [0.29, 0.717) is 37.0 Å². The highest BCUT2D eigenvalue weighted by Gasteiger charge is 2.33. The van der Waals surface area contributed by atoms with Gasteiger partial charge in [-0.3, -0.25) is 0 Å². The van der Waals surface area contributed by atoms with Gasteiger partial charge in [0.25, 0.3) is 5.88 Å². The van der Waals surface area contributed by atoms with Crippen molar-refractivity contribution in [1.82, 2.24) is 14.3 Å². The van der Waals surface area contributed by atoms with Gasteiger partial charge < -0.3 is 14.4 Å². The van der Waals surface area contributed by atoms with Gasteiger partial charge in [-0.1, -0.05) is 12.1 Å². The van der Waals surface area contributed by atoms with Gasteiger partial charge in [0, 0.05) is 33.0 Å². The fourth-order valence-electron chi connectivity index (χ4n) is 3.16. The minimum Gasteiger partial charge on any atom is -0.492 e. The van der Waals surface area contributed by atoms with Gasteiger partial charge in [-0.05, 0) is 31.9 Å². The molecule has 0 spiro atoms. The Morgan fingerprint density at radius 1 is 1.21 bits per heavy atom. The Labute approximate surface area is 166 Å². The van der Waals surface area contributed by atoms with Crippen molar-refractivity contribution in [2.75, 3.05) is 38.7 Å². The number of para-hydroxylation sites is 1. The second-order valence-electron chi connectivity index (χ2n) is 6.70. The summed E-state index contributed by atoms with van der Waals surface area (Å²) < 4.78 is 39.4. The third-order valence-electron chi connectivity index (χ3n) is 4.46. The van der Waals surface area contributed by atoms with Crippen LogP contribution in [0, 0.1) is 0 Å². The van der Waals surface area contributed by atoms with Gasteiger partial charge in [0.15, 0.2) is 5.82 Å². The first-order chi connectivity index (χ1) is 13.4. The molecular weight excluding hydrogens is 380 g/mol. The fourth-order valence-corrected chi connectivity index (χ4v) is 4.80. The second-order valence-corrected chi connectivity index (χ2v) is 8.61. The molecule has 1 aromatic carbocycles. The summed E-state index contributed by atoms with van der Waals surface area (Å²) in [5.74, 6) is 1.40. The molecule has 1 atom stereocenters. The molecule has 0 amide bonds. The summed E-state index contributed by atoms with van der Waals surface area (Å²) in [7, 11) is 0.0359. The number of hydrogen-bond acceptors (Lipinski definition) is 7. The van der Waals surface area contributed by atoms with Gasteiger partial charge >= 0.3 is 0 Å². The van der Waals surface area contributed by atoms with E-state index in [1.165, 1.54) is 4.31 Å². The van der Waals surface area contributed by atoms with Crippen molar-refractivity contribution >= 4 is 15.8 Å². The summed E-state index contributed by atoms with van der Waals surface area (Å²) in [5, 5.41) is 0. The Morgan fingerprint density at radius 2 is 1.96 bits per heavy atom. The van der Waals surface area contributed by atoms with Crippen LogP contribution in [-0.2, 0) is 10.0 Å². The van der Waals surface area contributed by atoms with Crippen LogP contribution >= 0.6 is 0 Å². The number of sulfonamides is 1. The largest absolute Gasteiger partial charge is 0.492 e. The highest BCUT2D eigenvalue weighted by molar-refractivity contribution is 7.89. The van der Waals surface area contributed by atoms with Crippen LogP contribution in [0.2, 0.25) is 0 Å². The lowest BCUT2D eigenvalue weighted by atomic mass is 10.1. The molecule has 1 aliphatic heterocycles. The zero-order chi connectivity index (χ0) is 20.1. The smallest absolute Gasteiger partial charge is 0.257 e. The molecule has 8 nitrogen and oxygen atoms in total. The molecule has 0 radical (unpaired) electrons. The molecule has 1 fully saturated rings. The van der Waals surface area contributed by atoms with E-state index >= 15 is 0 Å². The molecule has 0 aliphatic carbocycles. The first-order valence-corrected chi connectivity index (χ1v) is 10.7. The van der Waals surface area contributed by atoms with E-state index in [2.05, 4.69) is 9.97 Å². The van der Waals surface area contributed by atoms with E-state index in [4.69, 9.17) is 9.47 Å². The molecule has 0 bridgehead atoms. The predicted octanol–water partition coefficient (Wildman–Crippen LogP) is 2.17. The number of anilines is 1. The van der Waals surface area contributed by atoms with Crippen LogP contribution in [0.3, 0.4) is 0 Å². The average molecular weight is 407 g/mol. The van der Waals surface area contributed by atoms with Crippen molar-refractivity contribution < 1.29 is 17.9 Å². The summed E-state index contributed by atoms with van der Waals surface area (Å²) >= 11 is 0. The van der Waals surface area contributed by atoms with Crippen LogP contribution in [0.1, 0.15) is 19.8 Å². The Kier molecular flexibility index (Phi) is 6.35. The third kappa shape index (κ3) is 4.36. The normalized spacial score (nSPS) is 17.9. The summed E-state index contributed by atoms with van der Waals surface area (Å²) in [5.41, 5.74) is 0. The molecular formula is C19H26N4O4S. The minimum atomic E-state index is -3.68. The molecule has 2 aromatic rings. The van der Waals surface area contributed by atoms with Crippen LogP contribution in [0.25, 0.3) is 0 Å². The van der Waals surface area contributed by atoms with Crippen LogP contribution in [0.5, 0.6) is 11.6 Å². The number of benzene rings is 1. The molecule has 1 saturated heterocycles. The maximum absolute atomic E-state index is 13.2. The van der Waals surface area contributed by atoms with E-state index in [1.54, 1.807) is 36.7 Å². The van der Waals surface area contributed by atoms with Gasteiger partial charge in [-0.25, -0.2) is 18.4 Å². The van der Waals surface area contributed by atoms with Crippen molar-refractivity contribution in [3.63, 3.8) is 0 Å². The number of nitrogens with zero attached hydrogens (tertiary/aromatic N) is 4. The molecule has 28 heavy (non-hydrogen) atoms. The molecule has 3 rings (SSSR count). The summed E-state index contributed by atoms with van der Waals surface area (Å²) in [6.07, 6.45) is 4.33. The van der Waals surface area contributed by atoms with E-state index in [9.17, 15) is 8.42 Å². The number of aromatic nitrogens is 2. The summed E-state index contributed by atoms with van der Waals surface area (Å²) in [6.45, 7) is 2.94. The summed E-state index contributed by atoms with van der Waals surface area (Å²) in [6, 6.07) is 6.73. The number of hydrogen-bond donors (Lipinski definition) is 0. The monoisotopic (exact) mass is 406 g/mol. The molecule has 1 aliphatic rings. The van der Waals surface area contributed by atoms with E-state index < -0.39 is 10.0 Å². The maximum atomic E-state index is 13.2. The number of rotatable bonds is 7. The Bertz CT molecular complexity index is 904. The SMILES string of the molecule is CCOc1ccccc1S(=O)(=O)N1CCCC(Oc2nccnc2N(C)C)C1. The second kappa shape index (κ2) is 8.74. The Morgan fingerprint density at radius 3 is 2.71 bits per heavy atom. The highest BCUT2D eigenvalue weighted by atomic mass is 32.2. The third-order valence-corrected chi connectivity index (χ3v) is 6.36. The van der Waals surface area contributed by atoms with Crippen molar-refractivity contribution in [3.05, 3.63) is 36.7 Å². The topological polar surface area (TPSA) is 84.9 Å². The van der Waals surface area contributed by atoms with E-state index in [-0.39, 0.29) is 17.5 Å². The average Bonchev–Trinajstić information content (AvgIpc) is 2.69. The lowest BCUT2D eigenvalue weighted by Gasteiger charge is -2.32. The molecule has 1 aromatic heterocycles. The van der Waals surface area contributed by atoms with E-state index in [0.717, 1.165) is 6.42 Å². The lowest BCUT2D eigenvalue weighted by molar-refractivity contribution is 0.124. The summed E-state index contributed by atoms with van der Waals surface area (Å²) in [4.78, 5) is 10.5. The first-order valence-electron chi connectivity index (χ1n) is 9.30. The minimum absolute atomic E-state index is 0.186. The molecule has 9 heteroatoms. The zero-order valence-electron chi connectivity index (χ0n) is 16.4. The maximum Gasteiger partial charge on any atom is 0.257 e. The van der Waals surface area contributed by atoms with Crippen LogP contribution in [0.4, 0.5) is 5.82 Å². The molecule has 0 N–H and O–H groups in total. The van der Waals surface area contributed by atoms with Crippen molar-refractivity contribution in [3.8, 4) is 11.6 Å². The van der Waals surface area contributed by atoms with Gasteiger partial charge in [-0.15, -0.1) is 0 Å². The lowest BCUT2D eigenvalue weighted by Crippen LogP contribution is -2.44. The van der Waals surface area contributed by atoms with Crippen molar-refractivity contribution in [2.45, 2.75) is 30.8 Å². The number of ether oxygens (including phenoxy) is 2. The van der Waals surface area contributed by atoms with E-state index in [1.807, 2.05) is 25.9 Å². The first kappa shape index (κ1) is 20.3. The standard InChI is InChI=1S/C19H26N4O4S/c1-4-26-16-9-5-6-10-17(16)28(24,25)23-13-7-8-15(14-23)27-19-18(22(2)3)20-11-12-21-19/h5-6,9-12,15H,4,7-8,13-14H2,1-3H3.